The first kappa shape index (κ1) is 22.0. The molecular formula is C25H35FN4O. The number of piperidine rings is 1. The van der Waals surface area contributed by atoms with Crippen LogP contribution in [-0.2, 0) is 0 Å². The average molecular weight is 427 g/mol. The number of benzene rings is 1. The number of amidine groups is 1. The molecule has 0 unspecified atom stereocenters. The first-order chi connectivity index (χ1) is 14.9. The van der Waals surface area contributed by atoms with Crippen LogP contribution in [0.15, 0.2) is 40.9 Å². The maximum absolute atomic E-state index is 14.1. The van der Waals surface area contributed by atoms with Gasteiger partial charge in [0.2, 0.25) is 0 Å². The van der Waals surface area contributed by atoms with Gasteiger partial charge in [0, 0.05) is 24.8 Å². The molecule has 0 bridgehead atoms. The predicted octanol–water partition coefficient (Wildman–Crippen LogP) is 5.28. The number of likely N-dealkylation sites (tertiary alicyclic amines) is 1. The van der Waals surface area contributed by atoms with E-state index in [4.69, 9.17) is 4.99 Å². The zero-order chi connectivity index (χ0) is 22.0. The Labute approximate surface area is 185 Å². The molecule has 6 heteroatoms. The number of rotatable bonds is 4. The van der Waals surface area contributed by atoms with Crippen LogP contribution in [0, 0.1) is 5.82 Å². The van der Waals surface area contributed by atoms with Crippen molar-refractivity contribution in [2.45, 2.75) is 83.3 Å². The molecule has 1 aromatic carbocycles. The van der Waals surface area contributed by atoms with Gasteiger partial charge in [-0.3, -0.25) is 20.1 Å². The van der Waals surface area contributed by atoms with Gasteiger partial charge < -0.3 is 0 Å². The van der Waals surface area contributed by atoms with Crippen LogP contribution < -0.4 is 10.2 Å². The van der Waals surface area contributed by atoms with Gasteiger partial charge in [0.1, 0.15) is 17.2 Å². The summed E-state index contributed by atoms with van der Waals surface area (Å²) in [7, 11) is 0. The van der Waals surface area contributed by atoms with E-state index in [1.807, 2.05) is 6.07 Å². The van der Waals surface area contributed by atoms with Crippen LogP contribution in [0.3, 0.4) is 0 Å². The van der Waals surface area contributed by atoms with Crippen molar-refractivity contribution in [1.29, 1.82) is 0 Å². The summed E-state index contributed by atoms with van der Waals surface area (Å²) >= 11 is 0. The third-order valence-corrected chi connectivity index (χ3v) is 7.05. The number of amides is 2. The second-order valence-corrected chi connectivity index (χ2v) is 9.63. The Kier molecular flexibility index (Phi) is 6.47. The topological polar surface area (TPSA) is 47.9 Å². The van der Waals surface area contributed by atoms with Crippen LogP contribution in [0.25, 0.3) is 0 Å². The molecule has 2 amide bonds. The van der Waals surface area contributed by atoms with Gasteiger partial charge in [0.05, 0.1) is 6.04 Å². The molecule has 2 heterocycles. The van der Waals surface area contributed by atoms with Crippen LogP contribution >= 0.6 is 0 Å². The highest BCUT2D eigenvalue weighted by Crippen LogP contribution is 2.40. The molecule has 1 N–H and O–H groups in total. The summed E-state index contributed by atoms with van der Waals surface area (Å²) in [5.41, 5.74) is 1.38. The minimum absolute atomic E-state index is 0.190. The van der Waals surface area contributed by atoms with E-state index < -0.39 is 5.54 Å². The van der Waals surface area contributed by atoms with E-state index >= 15 is 0 Å². The van der Waals surface area contributed by atoms with Gasteiger partial charge in [-0.25, -0.2) is 9.18 Å². The zero-order valence-electron chi connectivity index (χ0n) is 19.0. The molecule has 31 heavy (non-hydrogen) atoms. The molecule has 3 aliphatic rings. The second kappa shape index (κ2) is 9.11. The molecule has 5 nitrogen and oxygen atoms in total. The van der Waals surface area contributed by atoms with Crippen LogP contribution in [0.5, 0.6) is 0 Å². The predicted molar refractivity (Wildman–Crippen MR) is 124 cm³/mol. The summed E-state index contributed by atoms with van der Waals surface area (Å²) < 4.78 is 14.1. The van der Waals surface area contributed by atoms with Crippen LogP contribution in [0.1, 0.15) is 65.7 Å². The molecular weight excluding hydrogens is 391 g/mol. The van der Waals surface area contributed by atoms with Crippen molar-refractivity contribution >= 4 is 17.6 Å². The van der Waals surface area contributed by atoms with E-state index in [9.17, 15) is 9.18 Å². The highest BCUT2D eigenvalue weighted by Gasteiger charge is 2.54. The molecule has 3 fully saturated rings. The molecule has 1 saturated carbocycles. The van der Waals surface area contributed by atoms with Crippen LogP contribution in [0.2, 0.25) is 0 Å². The van der Waals surface area contributed by atoms with E-state index in [1.54, 1.807) is 11.0 Å². The number of hydrogen-bond donors (Lipinski definition) is 1. The summed E-state index contributed by atoms with van der Waals surface area (Å²) in [6, 6.07) is 6.75. The smallest absolute Gasteiger partial charge is 0.297 e. The number of nitrogens with zero attached hydrogens (tertiary/aromatic N) is 3. The largest absolute Gasteiger partial charge is 0.328 e. The number of nitrogens with one attached hydrogen (secondary N) is 1. The Balaban J connectivity index is 1.69. The van der Waals surface area contributed by atoms with Crippen molar-refractivity contribution in [2.24, 2.45) is 4.99 Å². The van der Waals surface area contributed by atoms with Gasteiger partial charge in [-0.2, -0.15) is 0 Å². The molecule has 2 atom stereocenters. The van der Waals surface area contributed by atoms with E-state index in [2.05, 4.69) is 37.1 Å². The maximum atomic E-state index is 14.1. The molecule has 1 aromatic rings. The summed E-state index contributed by atoms with van der Waals surface area (Å²) in [5.74, 6) is 0.467. The minimum atomic E-state index is -0.538. The van der Waals surface area contributed by atoms with Gasteiger partial charge in [0.15, 0.2) is 0 Å². The van der Waals surface area contributed by atoms with Crippen molar-refractivity contribution in [3.8, 4) is 0 Å². The van der Waals surface area contributed by atoms with E-state index in [0.29, 0.717) is 5.69 Å². The average Bonchev–Trinajstić information content (AvgIpc) is 2.98. The molecule has 1 spiro atoms. The number of carbonyl (C=O) groups excluding carboxylic acids is 1. The van der Waals surface area contributed by atoms with Crippen molar-refractivity contribution in [2.75, 3.05) is 18.0 Å². The molecule has 2 saturated heterocycles. The lowest BCUT2D eigenvalue weighted by atomic mass is 9.81. The number of urea groups is 1. The Morgan fingerprint density at radius 2 is 2.06 bits per heavy atom. The van der Waals surface area contributed by atoms with E-state index in [0.717, 1.165) is 44.6 Å². The molecule has 0 radical (unpaired) electrons. The highest BCUT2D eigenvalue weighted by molar-refractivity contribution is 6.19. The summed E-state index contributed by atoms with van der Waals surface area (Å²) in [6.07, 6.45) is 9.65. The Morgan fingerprint density at radius 3 is 2.74 bits per heavy atom. The number of anilines is 1. The Morgan fingerprint density at radius 1 is 1.29 bits per heavy atom. The minimum Gasteiger partial charge on any atom is -0.297 e. The van der Waals surface area contributed by atoms with Crippen LogP contribution in [-0.4, -0.2) is 47.5 Å². The fraction of sp³-hybridized carbons (Fsp3) is 0.600. The Hall–Kier alpha value is -2.21. The molecule has 1 aliphatic carbocycles. The Bertz CT molecular complexity index is 872. The van der Waals surface area contributed by atoms with Gasteiger partial charge in [0.25, 0.3) is 0 Å². The van der Waals surface area contributed by atoms with E-state index in [-0.39, 0.29) is 23.9 Å². The van der Waals surface area contributed by atoms with Crippen molar-refractivity contribution < 1.29 is 9.18 Å². The third-order valence-electron chi connectivity index (χ3n) is 7.05. The number of aliphatic imine (C=N–C) groups is 1. The number of allylic oxidation sites excluding steroid dienone is 1. The first-order valence-corrected chi connectivity index (χ1v) is 11.7. The number of halogens is 1. The lowest BCUT2D eigenvalue weighted by Crippen LogP contribution is -2.59. The molecule has 168 valence electrons. The molecule has 2 aliphatic heterocycles. The second-order valence-electron chi connectivity index (χ2n) is 9.63. The third kappa shape index (κ3) is 4.54. The molecule has 4 rings (SSSR count). The fourth-order valence-corrected chi connectivity index (χ4v) is 5.36. The lowest BCUT2D eigenvalue weighted by molar-refractivity contribution is 0.145. The van der Waals surface area contributed by atoms with Crippen molar-refractivity contribution in [3.63, 3.8) is 0 Å². The SMILES string of the molecule is CC(C)=CCN1CC[C@@]2(C[C@@H]1C)C(=NC1CCCCC1)NC(=O)N2c1cccc(F)c1. The summed E-state index contributed by atoms with van der Waals surface area (Å²) in [6.45, 7) is 8.25. The van der Waals surface area contributed by atoms with Gasteiger partial charge in [-0.1, -0.05) is 37.0 Å². The van der Waals surface area contributed by atoms with Gasteiger partial charge in [-0.15, -0.1) is 0 Å². The first-order valence-electron chi connectivity index (χ1n) is 11.7. The van der Waals surface area contributed by atoms with Gasteiger partial charge in [-0.05, 0) is 64.7 Å². The zero-order valence-corrected chi connectivity index (χ0v) is 19.0. The van der Waals surface area contributed by atoms with Crippen molar-refractivity contribution in [3.05, 3.63) is 41.7 Å². The number of carbonyl (C=O) groups is 1. The summed E-state index contributed by atoms with van der Waals surface area (Å²) in [4.78, 5) is 22.6. The molecule has 0 aromatic heterocycles. The highest BCUT2D eigenvalue weighted by atomic mass is 19.1. The maximum Gasteiger partial charge on any atom is 0.328 e. The standard InChI is InChI=1S/C25H35FN4O/c1-18(2)12-14-29-15-13-25(17-19(29)3)23(27-21-9-5-4-6-10-21)28-24(31)30(25)22-11-7-8-20(26)16-22/h7-8,11-12,16,19,21H,4-6,9-10,13-15,17H2,1-3H3,(H,27,28,31)/t19-,25+/m0/s1. The summed E-state index contributed by atoms with van der Waals surface area (Å²) in [5, 5.41) is 3.10. The monoisotopic (exact) mass is 426 g/mol. The van der Waals surface area contributed by atoms with Crippen molar-refractivity contribution in [1.82, 2.24) is 10.2 Å². The normalized spacial score (nSPS) is 28.9. The van der Waals surface area contributed by atoms with Gasteiger partial charge >= 0.3 is 6.03 Å². The van der Waals surface area contributed by atoms with E-state index in [1.165, 1.54) is 37.0 Å². The quantitative estimate of drug-likeness (QED) is 0.666. The van der Waals surface area contributed by atoms with Crippen LogP contribution in [0.4, 0.5) is 14.9 Å². The lowest BCUT2D eigenvalue weighted by Gasteiger charge is -2.47. The fourth-order valence-electron chi connectivity index (χ4n) is 5.36. The number of hydrogen-bond acceptors (Lipinski definition) is 3.